The number of imide groups is 1. The zero-order valence-corrected chi connectivity index (χ0v) is 19.8. The number of halogens is 2. The third-order valence-electron chi connectivity index (χ3n) is 4.30. The molecule has 0 aliphatic carbocycles. The number of amides is 2. The quantitative estimate of drug-likeness (QED) is 0.313. The van der Waals surface area contributed by atoms with E-state index in [1.54, 1.807) is 43.5 Å². The summed E-state index contributed by atoms with van der Waals surface area (Å²) < 4.78 is 12.3. The molecule has 0 aromatic heterocycles. The second-order valence-electron chi connectivity index (χ2n) is 6.37. The molecule has 2 aromatic rings. The zero-order valence-electron chi connectivity index (χ0n) is 16.1. The summed E-state index contributed by atoms with van der Waals surface area (Å²) in [5.74, 6) is 0.875. The average Bonchev–Trinajstić information content (AvgIpc) is 2.96. The van der Waals surface area contributed by atoms with Crippen LogP contribution in [0, 0.1) is 3.57 Å². The first kappa shape index (κ1) is 22.0. The monoisotopic (exact) mass is 543 g/mol. The zero-order chi connectivity index (χ0) is 21.1. The first-order valence-electron chi connectivity index (χ1n) is 8.91. The van der Waals surface area contributed by atoms with Gasteiger partial charge in [-0.05, 0) is 89.7 Å². The van der Waals surface area contributed by atoms with Gasteiger partial charge >= 0.3 is 0 Å². The van der Waals surface area contributed by atoms with Gasteiger partial charge in [-0.3, -0.25) is 9.59 Å². The molecular formula is C21H19ClINO4S. The first-order chi connectivity index (χ1) is 13.8. The molecule has 1 fully saturated rings. The topological polar surface area (TPSA) is 55.8 Å². The molecule has 1 atom stereocenters. The molecule has 29 heavy (non-hydrogen) atoms. The van der Waals surface area contributed by atoms with Crippen LogP contribution in [-0.2, 0) is 4.79 Å². The number of carbonyl (C=O) groups excluding carboxylic acids is 2. The van der Waals surface area contributed by atoms with E-state index in [4.69, 9.17) is 21.1 Å². The summed E-state index contributed by atoms with van der Waals surface area (Å²) in [6, 6.07) is 10.4. The van der Waals surface area contributed by atoms with Crippen LogP contribution in [0.1, 0.15) is 25.8 Å². The third-order valence-corrected chi connectivity index (χ3v) is 6.21. The van der Waals surface area contributed by atoms with Gasteiger partial charge in [-0.2, -0.15) is 0 Å². The fourth-order valence-electron chi connectivity index (χ4n) is 2.68. The molecule has 1 aliphatic heterocycles. The van der Waals surface area contributed by atoms with Gasteiger partial charge in [0, 0.05) is 5.02 Å². The lowest BCUT2D eigenvalue weighted by atomic mass is 10.1. The van der Waals surface area contributed by atoms with Crippen LogP contribution in [0.25, 0.3) is 6.08 Å². The number of carbonyl (C=O) groups is 2. The normalized spacial score (nSPS) is 16.4. The lowest BCUT2D eigenvalue weighted by molar-refractivity contribution is -0.113. The minimum Gasteiger partial charge on any atom is -0.493 e. The summed E-state index contributed by atoms with van der Waals surface area (Å²) in [5.41, 5.74) is 1.20. The van der Waals surface area contributed by atoms with Gasteiger partial charge < -0.3 is 9.47 Å². The van der Waals surface area contributed by atoms with E-state index in [2.05, 4.69) is 29.5 Å². The lowest BCUT2D eigenvalue weighted by Crippen LogP contribution is -2.27. The highest BCUT2D eigenvalue weighted by molar-refractivity contribution is 14.1. The Kier molecular flexibility index (Phi) is 7.13. The van der Waals surface area contributed by atoms with E-state index in [1.165, 1.54) is 0 Å². The largest absolute Gasteiger partial charge is 0.493 e. The van der Waals surface area contributed by atoms with Crippen molar-refractivity contribution in [2.45, 2.75) is 26.4 Å². The summed E-state index contributed by atoms with van der Waals surface area (Å²) in [6.45, 7) is 4.05. The average molecular weight is 544 g/mol. The van der Waals surface area contributed by atoms with E-state index in [0.717, 1.165) is 32.2 Å². The minimum absolute atomic E-state index is 0.0532. The predicted molar refractivity (Wildman–Crippen MR) is 126 cm³/mol. The van der Waals surface area contributed by atoms with Crippen molar-refractivity contribution in [1.29, 1.82) is 0 Å². The number of nitrogens with zero attached hydrogens (tertiary/aromatic N) is 1. The Morgan fingerprint density at radius 1 is 1.28 bits per heavy atom. The number of anilines is 1. The van der Waals surface area contributed by atoms with Gasteiger partial charge in [0.25, 0.3) is 11.1 Å². The molecule has 0 unspecified atom stereocenters. The molecule has 8 heteroatoms. The van der Waals surface area contributed by atoms with Crippen LogP contribution in [0.3, 0.4) is 0 Å². The molecule has 2 amide bonds. The fraction of sp³-hybridized carbons (Fsp3) is 0.238. The van der Waals surface area contributed by atoms with Crippen molar-refractivity contribution in [2.24, 2.45) is 0 Å². The van der Waals surface area contributed by atoms with E-state index in [-0.39, 0.29) is 17.3 Å². The minimum atomic E-state index is -0.379. The fourth-order valence-corrected chi connectivity index (χ4v) is 4.46. The Morgan fingerprint density at radius 2 is 2.03 bits per heavy atom. The van der Waals surface area contributed by atoms with Gasteiger partial charge in [-0.15, -0.1) is 0 Å². The summed E-state index contributed by atoms with van der Waals surface area (Å²) >= 11 is 9.08. The maximum Gasteiger partial charge on any atom is 0.298 e. The summed E-state index contributed by atoms with van der Waals surface area (Å²) in [7, 11) is 1.58. The molecule has 0 saturated carbocycles. The van der Waals surface area contributed by atoms with Gasteiger partial charge in [0.05, 0.1) is 27.4 Å². The van der Waals surface area contributed by atoms with E-state index >= 15 is 0 Å². The smallest absolute Gasteiger partial charge is 0.298 e. The number of benzene rings is 2. The summed E-state index contributed by atoms with van der Waals surface area (Å²) in [4.78, 5) is 26.7. The third kappa shape index (κ3) is 4.90. The van der Waals surface area contributed by atoms with Crippen molar-refractivity contribution in [3.63, 3.8) is 0 Å². The van der Waals surface area contributed by atoms with Crippen LogP contribution in [0.5, 0.6) is 11.5 Å². The van der Waals surface area contributed by atoms with E-state index in [0.29, 0.717) is 27.1 Å². The van der Waals surface area contributed by atoms with Crippen molar-refractivity contribution in [3.05, 3.63) is 55.5 Å². The van der Waals surface area contributed by atoms with E-state index < -0.39 is 0 Å². The van der Waals surface area contributed by atoms with Gasteiger partial charge in [0.1, 0.15) is 0 Å². The van der Waals surface area contributed by atoms with Crippen molar-refractivity contribution in [3.8, 4) is 11.5 Å². The highest BCUT2D eigenvalue weighted by atomic mass is 127. The number of hydrogen-bond acceptors (Lipinski definition) is 5. The van der Waals surface area contributed by atoms with Gasteiger partial charge in [-0.1, -0.05) is 24.6 Å². The molecule has 1 heterocycles. The Balaban J connectivity index is 1.93. The second-order valence-corrected chi connectivity index (χ2v) is 8.96. The summed E-state index contributed by atoms with van der Waals surface area (Å²) in [5, 5.41) is 0.101. The number of thioether (sulfide) groups is 1. The maximum atomic E-state index is 12.8. The molecule has 0 spiro atoms. The molecule has 1 aliphatic rings. The van der Waals surface area contributed by atoms with Crippen LogP contribution in [-0.4, -0.2) is 24.4 Å². The van der Waals surface area contributed by atoms with Crippen LogP contribution >= 0.6 is 46.0 Å². The van der Waals surface area contributed by atoms with Crippen LogP contribution < -0.4 is 14.4 Å². The highest BCUT2D eigenvalue weighted by Gasteiger charge is 2.36. The number of rotatable bonds is 6. The highest BCUT2D eigenvalue weighted by Crippen LogP contribution is 2.39. The first-order valence-corrected chi connectivity index (χ1v) is 11.2. The maximum absolute atomic E-state index is 12.8. The molecule has 152 valence electrons. The summed E-state index contributed by atoms with van der Waals surface area (Å²) in [6.07, 6.45) is 2.61. The van der Waals surface area contributed by atoms with E-state index in [1.807, 2.05) is 13.0 Å². The molecule has 1 saturated heterocycles. The van der Waals surface area contributed by atoms with Crippen LogP contribution in [0.2, 0.25) is 5.02 Å². The molecule has 0 N–H and O–H groups in total. The molecule has 0 bridgehead atoms. The number of hydrogen-bond donors (Lipinski definition) is 0. The Hall–Kier alpha value is -1.71. The second kappa shape index (κ2) is 9.40. The SMILES string of the molecule is CC[C@H](C)Oc1c(I)cc(/C=C2/SC(=O)N(c3cccc(Cl)c3)C2=O)cc1OC. The van der Waals surface area contributed by atoms with Crippen molar-refractivity contribution < 1.29 is 19.1 Å². The van der Waals surface area contributed by atoms with E-state index in [9.17, 15) is 9.59 Å². The molecule has 3 rings (SSSR count). The molecular weight excluding hydrogens is 525 g/mol. The van der Waals surface area contributed by atoms with Crippen LogP contribution in [0.4, 0.5) is 10.5 Å². The van der Waals surface area contributed by atoms with Crippen molar-refractivity contribution in [1.82, 2.24) is 0 Å². The standard InChI is InChI=1S/C21H19ClINO4S/c1-4-12(2)28-19-16(23)8-13(9-17(19)27-3)10-18-20(25)24(21(26)29-18)15-7-5-6-14(22)11-15/h5-12H,4H2,1-3H3/b18-10+/t12-/m0/s1. The number of ether oxygens (including phenoxy) is 2. The van der Waals surface area contributed by atoms with Crippen LogP contribution in [0.15, 0.2) is 41.3 Å². The Morgan fingerprint density at radius 3 is 2.69 bits per heavy atom. The lowest BCUT2D eigenvalue weighted by Gasteiger charge is -2.17. The molecule has 5 nitrogen and oxygen atoms in total. The van der Waals surface area contributed by atoms with Gasteiger partial charge in [0.15, 0.2) is 11.5 Å². The van der Waals surface area contributed by atoms with Crippen molar-refractivity contribution in [2.75, 3.05) is 12.0 Å². The molecule has 0 radical (unpaired) electrons. The Bertz CT molecular complexity index is 995. The predicted octanol–water partition coefficient (Wildman–Crippen LogP) is 6.37. The number of methoxy groups -OCH3 is 1. The Labute approximate surface area is 192 Å². The molecule has 2 aromatic carbocycles. The van der Waals surface area contributed by atoms with Gasteiger partial charge in [-0.25, -0.2) is 4.90 Å². The van der Waals surface area contributed by atoms with Crippen molar-refractivity contribution >= 4 is 68.9 Å². The van der Waals surface area contributed by atoms with Gasteiger partial charge in [0.2, 0.25) is 0 Å².